The molecule has 0 atom stereocenters. The number of benzene rings is 1. The third-order valence-corrected chi connectivity index (χ3v) is 3.49. The molecule has 1 saturated heterocycles. The van der Waals surface area contributed by atoms with Crippen molar-refractivity contribution in [1.82, 2.24) is 4.90 Å². The van der Waals surface area contributed by atoms with Gasteiger partial charge in [0.05, 0.1) is 0 Å². The number of thiol groups is 1. The molecular formula is C13H19FN2S. The summed E-state index contributed by atoms with van der Waals surface area (Å²) in [6.07, 6.45) is 1.14. The van der Waals surface area contributed by atoms with Gasteiger partial charge in [-0.1, -0.05) is 6.07 Å². The first-order valence-electron chi connectivity index (χ1n) is 6.13. The molecule has 0 N–H and O–H groups in total. The second-order valence-corrected chi connectivity index (χ2v) is 4.83. The number of nitrogens with zero attached hydrogens (tertiary/aromatic N) is 2. The van der Waals surface area contributed by atoms with Crippen LogP contribution in [0, 0.1) is 5.82 Å². The van der Waals surface area contributed by atoms with Crippen LogP contribution in [0.4, 0.5) is 10.1 Å². The van der Waals surface area contributed by atoms with E-state index in [2.05, 4.69) is 22.4 Å². The summed E-state index contributed by atoms with van der Waals surface area (Å²) in [5, 5.41) is 0. The lowest BCUT2D eigenvalue weighted by atomic mass is 10.2. The second kappa shape index (κ2) is 6.26. The maximum atomic E-state index is 13.1. The van der Waals surface area contributed by atoms with Gasteiger partial charge < -0.3 is 4.90 Å². The van der Waals surface area contributed by atoms with Gasteiger partial charge >= 0.3 is 0 Å². The van der Waals surface area contributed by atoms with Crippen molar-refractivity contribution in [2.45, 2.75) is 6.42 Å². The average Bonchev–Trinajstić information content (AvgIpc) is 2.37. The fourth-order valence-corrected chi connectivity index (χ4v) is 2.34. The summed E-state index contributed by atoms with van der Waals surface area (Å²) < 4.78 is 13.1. The van der Waals surface area contributed by atoms with E-state index in [0.717, 1.165) is 50.6 Å². The topological polar surface area (TPSA) is 6.48 Å². The third kappa shape index (κ3) is 3.61. The maximum Gasteiger partial charge on any atom is 0.125 e. The van der Waals surface area contributed by atoms with Crippen LogP contribution < -0.4 is 4.90 Å². The predicted octanol–water partition coefficient (Wildman–Crippen LogP) is 2.27. The highest BCUT2D eigenvalue weighted by Gasteiger charge is 2.16. The Bertz CT molecular complexity index is 351. The van der Waals surface area contributed by atoms with E-state index in [0.29, 0.717) is 0 Å². The Morgan fingerprint density at radius 1 is 1.18 bits per heavy atom. The predicted molar refractivity (Wildman–Crippen MR) is 73.5 cm³/mol. The first-order valence-corrected chi connectivity index (χ1v) is 6.76. The Balaban J connectivity index is 1.86. The summed E-state index contributed by atoms with van der Waals surface area (Å²) in [6, 6.07) is 6.86. The molecule has 94 valence electrons. The van der Waals surface area contributed by atoms with Crippen LogP contribution in [0.2, 0.25) is 0 Å². The standard InChI is InChI=1S/C13H19FN2S/c14-12-3-1-4-13(11-12)16-8-6-15(7-9-16)5-2-10-17/h1,3-4,11,17H,2,5-10H2. The molecule has 1 fully saturated rings. The zero-order valence-electron chi connectivity index (χ0n) is 9.98. The largest absolute Gasteiger partial charge is 0.369 e. The Morgan fingerprint density at radius 3 is 2.59 bits per heavy atom. The first kappa shape index (κ1) is 12.7. The van der Waals surface area contributed by atoms with Crippen LogP contribution in [0.15, 0.2) is 24.3 Å². The van der Waals surface area contributed by atoms with Crippen LogP contribution >= 0.6 is 12.6 Å². The molecule has 0 aliphatic carbocycles. The molecule has 4 heteroatoms. The van der Waals surface area contributed by atoms with E-state index in [1.54, 1.807) is 12.1 Å². The fraction of sp³-hybridized carbons (Fsp3) is 0.538. The minimum absolute atomic E-state index is 0.153. The molecule has 1 aliphatic heterocycles. The van der Waals surface area contributed by atoms with Crippen molar-refractivity contribution in [3.8, 4) is 0 Å². The number of anilines is 1. The van der Waals surface area contributed by atoms with E-state index in [1.807, 2.05) is 6.07 Å². The van der Waals surface area contributed by atoms with Crippen LogP contribution in [-0.4, -0.2) is 43.4 Å². The van der Waals surface area contributed by atoms with Gasteiger partial charge in [-0.25, -0.2) is 4.39 Å². The number of rotatable bonds is 4. The van der Waals surface area contributed by atoms with Gasteiger partial charge in [-0.3, -0.25) is 4.90 Å². The molecule has 1 aromatic carbocycles. The van der Waals surface area contributed by atoms with E-state index in [4.69, 9.17) is 0 Å². The summed E-state index contributed by atoms with van der Waals surface area (Å²) in [5.74, 6) is 0.796. The summed E-state index contributed by atoms with van der Waals surface area (Å²) in [4.78, 5) is 4.70. The SMILES string of the molecule is Fc1cccc(N2CCN(CCCS)CC2)c1. The average molecular weight is 254 g/mol. The molecule has 0 aromatic heterocycles. The monoisotopic (exact) mass is 254 g/mol. The number of halogens is 1. The quantitative estimate of drug-likeness (QED) is 0.824. The summed E-state index contributed by atoms with van der Waals surface area (Å²) in [6.45, 7) is 5.21. The molecular weight excluding hydrogens is 235 g/mol. The Kier molecular flexibility index (Phi) is 4.68. The zero-order chi connectivity index (χ0) is 12.1. The highest BCUT2D eigenvalue weighted by Crippen LogP contribution is 2.17. The second-order valence-electron chi connectivity index (χ2n) is 4.39. The van der Waals surface area contributed by atoms with Gasteiger partial charge in [-0.2, -0.15) is 12.6 Å². The van der Waals surface area contributed by atoms with Crippen molar-refractivity contribution >= 4 is 18.3 Å². The lowest BCUT2D eigenvalue weighted by Crippen LogP contribution is -2.46. The molecule has 0 bridgehead atoms. The molecule has 1 heterocycles. The molecule has 2 nitrogen and oxygen atoms in total. The van der Waals surface area contributed by atoms with Gasteiger partial charge in [0, 0.05) is 31.9 Å². The molecule has 2 rings (SSSR count). The van der Waals surface area contributed by atoms with Crippen molar-refractivity contribution in [1.29, 1.82) is 0 Å². The summed E-state index contributed by atoms with van der Waals surface area (Å²) in [7, 11) is 0. The minimum Gasteiger partial charge on any atom is -0.369 e. The van der Waals surface area contributed by atoms with E-state index in [-0.39, 0.29) is 5.82 Å². The van der Waals surface area contributed by atoms with Crippen LogP contribution in [0.25, 0.3) is 0 Å². The zero-order valence-corrected chi connectivity index (χ0v) is 10.9. The smallest absolute Gasteiger partial charge is 0.125 e. The number of hydrogen-bond donors (Lipinski definition) is 1. The van der Waals surface area contributed by atoms with E-state index in [1.165, 1.54) is 6.07 Å². The van der Waals surface area contributed by atoms with Crippen LogP contribution in [0.1, 0.15) is 6.42 Å². The van der Waals surface area contributed by atoms with Crippen molar-refractivity contribution in [3.05, 3.63) is 30.1 Å². The van der Waals surface area contributed by atoms with E-state index < -0.39 is 0 Å². The Labute approximate surface area is 108 Å². The molecule has 0 amide bonds. The third-order valence-electron chi connectivity index (χ3n) is 3.18. The minimum atomic E-state index is -0.153. The maximum absolute atomic E-state index is 13.1. The molecule has 17 heavy (non-hydrogen) atoms. The summed E-state index contributed by atoms with van der Waals surface area (Å²) >= 11 is 4.23. The van der Waals surface area contributed by atoms with Gasteiger partial charge in [0.15, 0.2) is 0 Å². The van der Waals surface area contributed by atoms with E-state index in [9.17, 15) is 4.39 Å². The van der Waals surface area contributed by atoms with Crippen molar-refractivity contribution in [2.75, 3.05) is 43.4 Å². The van der Waals surface area contributed by atoms with Crippen LogP contribution in [0.5, 0.6) is 0 Å². The Hall–Kier alpha value is -0.740. The van der Waals surface area contributed by atoms with Crippen molar-refractivity contribution < 1.29 is 4.39 Å². The molecule has 0 radical (unpaired) electrons. The lowest BCUT2D eigenvalue weighted by molar-refractivity contribution is 0.259. The van der Waals surface area contributed by atoms with Gasteiger partial charge in [0.25, 0.3) is 0 Å². The van der Waals surface area contributed by atoms with E-state index >= 15 is 0 Å². The summed E-state index contributed by atoms with van der Waals surface area (Å²) in [5.41, 5.74) is 0.999. The van der Waals surface area contributed by atoms with Crippen molar-refractivity contribution in [2.24, 2.45) is 0 Å². The Morgan fingerprint density at radius 2 is 1.94 bits per heavy atom. The number of piperazine rings is 1. The van der Waals surface area contributed by atoms with Gasteiger partial charge in [-0.05, 0) is 36.9 Å². The lowest BCUT2D eigenvalue weighted by Gasteiger charge is -2.36. The molecule has 0 unspecified atom stereocenters. The normalized spacial score (nSPS) is 17.4. The number of hydrogen-bond acceptors (Lipinski definition) is 3. The van der Waals surface area contributed by atoms with Gasteiger partial charge in [-0.15, -0.1) is 0 Å². The first-order chi connectivity index (χ1) is 8.29. The molecule has 1 aromatic rings. The molecule has 0 spiro atoms. The molecule has 0 saturated carbocycles. The fourth-order valence-electron chi connectivity index (χ4n) is 2.20. The van der Waals surface area contributed by atoms with Crippen LogP contribution in [-0.2, 0) is 0 Å². The van der Waals surface area contributed by atoms with Gasteiger partial charge in [0.1, 0.15) is 5.82 Å². The highest BCUT2D eigenvalue weighted by atomic mass is 32.1. The highest BCUT2D eigenvalue weighted by molar-refractivity contribution is 7.80. The van der Waals surface area contributed by atoms with Crippen molar-refractivity contribution in [3.63, 3.8) is 0 Å². The van der Waals surface area contributed by atoms with Gasteiger partial charge in [0.2, 0.25) is 0 Å². The molecule has 1 aliphatic rings. The van der Waals surface area contributed by atoms with Crippen LogP contribution in [0.3, 0.4) is 0 Å².